The summed E-state index contributed by atoms with van der Waals surface area (Å²) in [6.07, 6.45) is 0.403. The van der Waals surface area contributed by atoms with Crippen molar-refractivity contribution >= 4 is 11.9 Å². The van der Waals surface area contributed by atoms with E-state index < -0.39 is 11.6 Å². The van der Waals surface area contributed by atoms with Crippen LogP contribution in [0, 0.1) is 0 Å². The quantitative estimate of drug-likeness (QED) is 0.845. The maximum absolute atomic E-state index is 10.9. The Bertz CT molecular complexity index is 764. The molecule has 0 saturated heterocycles. The zero-order valence-electron chi connectivity index (χ0n) is 15.0. The minimum absolute atomic E-state index is 0.133. The number of rotatable bonds is 4. The van der Waals surface area contributed by atoms with Gasteiger partial charge in [0.25, 0.3) is 0 Å². The molecule has 4 rings (SSSR count). The molecule has 0 amide bonds. The minimum atomic E-state index is -1.27. The second-order valence-electron chi connectivity index (χ2n) is 6.22. The summed E-state index contributed by atoms with van der Waals surface area (Å²) in [6.45, 7) is 3.39. The van der Waals surface area contributed by atoms with Crippen molar-refractivity contribution in [3.05, 3.63) is 59.7 Å². The number of para-hydroxylation sites is 2. The number of carbonyl (C=O) groups excluding carboxylic acids is 1. The highest BCUT2D eigenvalue weighted by Gasteiger charge is 2.30. The molecule has 0 aliphatic carbocycles. The van der Waals surface area contributed by atoms with Crippen molar-refractivity contribution in [3.63, 3.8) is 0 Å². The minimum Gasteiger partial charge on any atom is -0.493 e. The first-order valence-electron chi connectivity index (χ1n) is 8.10. The number of benzene rings is 2. The van der Waals surface area contributed by atoms with Crippen LogP contribution in [-0.4, -0.2) is 29.8 Å². The summed E-state index contributed by atoms with van der Waals surface area (Å²) in [6, 6.07) is 14.8. The lowest BCUT2D eigenvalue weighted by Crippen LogP contribution is -2.37. The Labute approximate surface area is 152 Å². The molecule has 2 aliphatic heterocycles. The van der Waals surface area contributed by atoms with Crippen LogP contribution in [0.15, 0.2) is 48.5 Å². The Balaban J connectivity index is 0.000000195. The van der Waals surface area contributed by atoms with Crippen LogP contribution >= 0.6 is 0 Å². The lowest BCUT2D eigenvalue weighted by Gasteiger charge is -2.22. The Morgan fingerprint density at radius 3 is 2.19 bits per heavy atom. The molecule has 0 atom stereocenters. The highest BCUT2D eigenvalue weighted by atomic mass is 16.5. The number of carboxylic acids is 1. The molecule has 1 N–H and O–H groups in total. The molecular weight excluding hydrogens is 336 g/mol. The maximum atomic E-state index is 10.9. The molecule has 6 nitrogen and oxygen atoms in total. The first-order chi connectivity index (χ1) is 12.3. The first-order valence-corrected chi connectivity index (χ1v) is 8.10. The first kappa shape index (κ1) is 19.3. The summed E-state index contributed by atoms with van der Waals surface area (Å²) in [5, 5.41) is 8.90. The van der Waals surface area contributed by atoms with Crippen LogP contribution in [0.3, 0.4) is 0 Å². The van der Waals surface area contributed by atoms with Crippen LogP contribution in [0.25, 0.3) is 0 Å². The van der Waals surface area contributed by atoms with Crippen molar-refractivity contribution in [2.45, 2.75) is 32.5 Å². The molecule has 138 valence electrons. The molecule has 6 heteroatoms. The molecule has 0 aromatic heterocycles. The average Bonchev–Trinajstić information content (AvgIpc) is 2.59. The van der Waals surface area contributed by atoms with Gasteiger partial charge in [0, 0.05) is 0 Å². The fourth-order valence-electron chi connectivity index (χ4n) is 2.16. The number of methoxy groups -OCH3 is 1. The zero-order chi connectivity index (χ0) is 19.2. The van der Waals surface area contributed by atoms with Crippen molar-refractivity contribution in [1.29, 1.82) is 0 Å². The summed E-state index contributed by atoms with van der Waals surface area (Å²) in [4.78, 5) is 21.8. The molecular formula is C20H22O6. The number of ether oxygens (including phenoxy) is 3. The summed E-state index contributed by atoms with van der Waals surface area (Å²) in [7, 11) is 1.51. The molecule has 2 aromatic rings. The van der Waals surface area contributed by atoms with E-state index in [9.17, 15) is 9.59 Å². The third-order valence-electron chi connectivity index (χ3n) is 3.72. The number of hydrogen-bond donors (Lipinski definition) is 1. The number of hydrogen-bond acceptors (Lipinski definition) is 5. The summed E-state index contributed by atoms with van der Waals surface area (Å²) in [5.41, 5.74) is 0.814. The highest BCUT2D eigenvalue weighted by Crippen LogP contribution is 2.29. The third kappa shape index (κ3) is 5.24. The third-order valence-corrected chi connectivity index (χ3v) is 3.72. The van der Waals surface area contributed by atoms with Gasteiger partial charge >= 0.3 is 11.9 Å². The standard InChI is InChI=1S/C11H14O4.C9H8O2/c1-11(2,10(12)13)15-9-7-5-4-6-8(9)14-3;10-9-5-7-1-3-8(4-2-7)6-11-9/h4-7H,1-3H3,(H,12,13);1-4H,5-6H2. The molecule has 0 radical (unpaired) electrons. The van der Waals surface area contributed by atoms with Gasteiger partial charge in [0.15, 0.2) is 17.1 Å². The normalized spacial score (nSPS) is 12.8. The van der Waals surface area contributed by atoms with E-state index in [-0.39, 0.29) is 5.97 Å². The summed E-state index contributed by atoms with van der Waals surface area (Å²) < 4.78 is 15.3. The summed E-state index contributed by atoms with van der Waals surface area (Å²) in [5.74, 6) is -0.209. The van der Waals surface area contributed by atoms with E-state index in [1.165, 1.54) is 21.0 Å². The molecule has 0 fully saturated rings. The van der Waals surface area contributed by atoms with Crippen LogP contribution in [0.5, 0.6) is 11.5 Å². The average molecular weight is 358 g/mol. The van der Waals surface area contributed by atoms with Crippen molar-refractivity contribution in [2.24, 2.45) is 0 Å². The molecule has 2 bridgehead atoms. The molecule has 26 heavy (non-hydrogen) atoms. The van der Waals surface area contributed by atoms with Crippen LogP contribution in [0.4, 0.5) is 0 Å². The van der Waals surface area contributed by atoms with Crippen molar-refractivity contribution in [2.75, 3.05) is 7.11 Å². The van der Waals surface area contributed by atoms with Gasteiger partial charge in [-0.05, 0) is 37.1 Å². The second kappa shape index (κ2) is 8.38. The van der Waals surface area contributed by atoms with Gasteiger partial charge in [-0.1, -0.05) is 36.4 Å². The van der Waals surface area contributed by atoms with E-state index >= 15 is 0 Å². The van der Waals surface area contributed by atoms with E-state index in [2.05, 4.69) is 0 Å². The molecule has 2 heterocycles. The highest BCUT2D eigenvalue weighted by molar-refractivity contribution is 5.77. The zero-order valence-corrected chi connectivity index (χ0v) is 15.0. The Hall–Kier alpha value is -3.02. The fraction of sp³-hybridized carbons (Fsp3) is 0.300. The number of aliphatic carboxylic acids is 1. The largest absolute Gasteiger partial charge is 0.493 e. The van der Waals surface area contributed by atoms with E-state index in [0.717, 1.165) is 11.1 Å². The number of carbonyl (C=O) groups is 2. The van der Waals surface area contributed by atoms with Crippen molar-refractivity contribution < 1.29 is 28.9 Å². The molecule has 0 saturated carbocycles. The lowest BCUT2D eigenvalue weighted by molar-refractivity contribution is -0.152. The van der Waals surface area contributed by atoms with Gasteiger partial charge in [0.05, 0.1) is 13.5 Å². The molecule has 0 spiro atoms. The fourth-order valence-corrected chi connectivity index (χ4v) is 2.16. The van der Waals surface area contributed by atoms with Crippen LogP contribution in [0.2, 0.25) is 0 Å². The summed E-state index contributed by atoms with van der Waals surface area (Å²) >= 11 is 0. The number of esters is 1. The van der Waals surface area contributed by atoms with Crippen LogP contribution in [0.1, 0.15) is 25.0 Å². The molecule has 2 aromatic carbocycles. The smallest absolute Gasteiger partial charge is 0.347 e. The van der Waals surface area contributed by atoms with Crippen molar-refractivity contribution in [1.82, 2.24) is 0 Å². The molecule has 2 aliphatic rings. The topological polar surface area (TPSA) is 82.1 Å². The van der Waals surface area contributed by atoms with E-state index in [4.69, 9.17) is 19.3 Å². The Kier molecular flexibility index (Phi) is 6.22. The molecule has 0 unspecified atom stereocenters. The number of fused-ring (bicyclic) bond motifs is 5. The van der Waals surface area contributed by atoms with Crippen molar-refractivity contribution in [3.8, 4) is 11.5 Å². The van der Waals surface area contributed by atoms with Crippen LogP contribution in [-0.2, 0) is 27.4 Å². The maximum Gasteiger partial charge on any atom is 0.347 e. The van der Waals surface area contributed by atoms with Gasteiger partial charge in [-0.3, -0.25) is 4.79 Å². The predicted molar refractivity (Wildman–Crippen MR) is 95.3 cm³/mol. The van der Waals surface area contributed by atoms with E-state index in [0.29, 0.717) is 24.5 Å². The second-order valence-corrected chi connectivity index (χ2v) is 6.22. The van der Waals surface area contributed by atoms with E-state index in [1.807, 2.05) is 24.3 Å². The van der Waals surface area contributed by atoms with Gasteiger partial charge in [0.1, 0.15) is 6.61 Å². The van der Waals surface area contributed by atoms with E-state index in [1.54, 1.807) is 24.3 Å². The van der Waals surface area contributed by atoms with Gasteiger partial charge in [-0.25, -0.2) is 4.79 Å². The Morgan fingerprint density at radius 1 is 1.04 bits per heavy atom. The lowest BCUT2D eigenvalue weighted by atomic mass is 10.1. The SMILES string of the molecule is COc1ccccc1OC(C)(C)C(=O)O.O=C1Cc2ccc(cc2)CO1. The van der Waals surface area contributed by atoms with Gasteiger partial charge in [-0.2, -0.15) is 0 Å². The van der Waals surface area contributed by atoms with Crippen LogP contribution < -0.4 is 9.47 Å². The number of carboxylic acid groups (broad SMARTS) is 1. The van der Waals surface area contributed by atoms with Gasteiger partial charge in [-0.15, -0.1) is 0 Å². The Morgan fingerprint density at radius 2 is 1.62 bits per heavy atom. The van der Waals surface area contributed by atoms with Gasteiger partial charge < -0.3 is 19.3 Å². The monoisotopic (exact) mass is 358 g/mol. The van der Waals surface area contributed by atoms with Gasteiger partial charge in [0.2, 0.25) is 0 Å². The predicted octanol–water partition coefficient (Wildman–Crippen LogP) is 3.22.